The number of nitrogens with zero attached hydrogens (tertiary/aromatic N) is 1. The fourth-order valence-electron chi connectivity index (χ4n) is 3.22. The highest BCUT2D eigenvalue weighted by atomic mass is 35.5. The van der Waals surface area contributed by atoms with Gasteiger partial charge in [-0.15, -0.1) is 0 Å². The zero-order valence-corrected chi connectivity index (χ0v) is 16.3. The summed E-state index contributed by atoms with van der Waals surface area (Å²) >= 11 is 11.9. The first kappa shape index (κ1) is 19.7. The molecule has 2 unspecified atom stereocenters. The summed E-state index contributed by atoms with van der Waals surface area (Å²) in [5.41, 5.74) is 2.32. The van der Waals surface area contributed by atoms with Crippen molar-refractivity contribution in [2.24, 2.45) is 5.92 Å². The maximum atomic E-state index is 12.6. The van der Waals surface area contributed by atoms with Crippen molar-refractivity contribution in [3.05, 3.63) is 63.6 Å². The van der Waals surface area contributed by atoms with E-state index in [1.165, 1.54) is 4.90 Å². The van der Waals surface area contributed by atoms with Gasteiger partial charge in [-0.2, -0.15) is 0 Å². The molecule has 3 rings (SSSR count). The molecule has 0 aliphatic carbocycles. The van der Waals surface area contributed by atoms with Gasteiger partial charge in [-0.05, 0) is 42.7 Å². The van der Waals surface area contributed by atoms with Crippen molar-refractivity contribution in [2.45, 2.75) is 19.4 Å². The molecule has 0 bridgehead atoms. The van der Waals surface area contributed by atoms with Crippen LogP contribution in [-0.4, -0.2) is 30.0 Å². The summed E-state index contributed by atoms with van der Waals surface area (Å²) in [7, 11) is 0. The molecular formula is C20H20Cl2N2O3. The summed E-state index contributed by atoms with van der Waals surface area (Å²) in [6.45, 7) is 2.38. The summed E-state index contributed by atoms with van der Waals surface area (Å²) in [6.07, 6.45) is -0.413. The minimum absolute atomic E-state index is 0.0558. The molecule has 1 aliphatic rings. The van der Waals surface area contributed by atoms with Crippen LogP contribution in [0.5, 0.6) is 0 Å². The van der Waals surface area contributed by atoms with Crippen molar-refractivity contribution >= 4 is 40.7 Å². The molecule has 2 atom stereocenters. The Morgan fingerprint density at radius 1 is 1.26 bits per heavy atom. The first-order valence-electron chi connectivity index (χ1n) is 8.66. The molecule has 27 heavy (non-hydrogen) atoms. The lowest BCUT2D eigenvalue weighted by Crippen LogP contribution is -2.38. The number of amides is 2. The van der Waals surface area contributed by atoms with Crippen LogP contribution in [0.15, 0.2) is 42.5 Å². The Bertz CT molecular complexity index is 872. The van der Waals surface area contributed by atoms with Gasteiger partial charge >= 0.3 is 0 Å². The number of hydrogen-bond acceptors (Lipinski definition) is 3. The lowest BCUT2D eigenvalue weighted by molar-refractivity contribution is -0.132. The number of aliphatic hydroxyl groups is 1. The van der Waals surface area contributed by atoms with E-state index < -0.39 is 12.0 Å². The quantitative estimate of drug-likeness (QED) is 0.746. The zero-order chi connectivity index (χ0) is 19.6. The normalized spacial score (nSPS) is 17.9. The Balaban J connectivity index is 1.62. The number of rotatable bonds is 5. The van der Waals surface area contributed by atoms with Crippen molar-refractivity contribution in [1.29, 1.82) is 0 Å². The standard InChI is InChI=1S/C20H20Cl2N2O3/c1-12-4-2-3-5-14(12)18(25)11-23-19(26)15-8-9-24(20(15)27)13-6-7-16(21)17(22)10-13/h2-7,10,15,18,25H,8-9,11H2,1H3,(H,23,26). The van der Waals surface area contributed by atoms with Crippen LogP contribution in [0.1, 0.15) is 23.7 Å². The summed E-state index contributed by atoms with van der Waals surface area (Å²) in [6, 6.07) is 12.4. The second-order valence-electron chi connectivity index (χ2n) is 6.55. The van der Waals surface area contributed by atoms with Crippen LogP contribution in [0.4, 0.5) is 5.69 Å². The third-order valence-corrected chi connectivity index (χ3v) is 5.49. The van der Waals surface area contributed by atoms with Crippen molar-refractivity contribution in [1.82, 2.24) is 5.32 Å². The van der Waals surface area contributed by atoms with E-state index >= 15 is 0 Å². The second kappa shape index (κ2) is 8.30. The molecule has 142 valence electrons. The number of anilines is 1. The Hall–Kier alpha value is -2.08. The molecule has 2 aromatic rings. The Labute approximate surface area is 167 Å². The highest BCUT2D eigenvalue weighted by Crippen LogP contribution is 2.31. The fourth-order valence-corrected chi connectivity index (χ4v) is 3.52. The van der Waals surface area contributed by atoms with Gasteiger partial charge in [0.1, 0.15) is 5.92 Å². The first-order valence-corrected chi connectivity index (χ1v) is 9.42. The summed E-state index contributed by atoms with van der Waals surface area (Å²) < 4.78 is 0. The zero-order valence-electron chi connectivity index (χ0n) is 14.8. The van der Waals surface area contributed by atoms with Crippen LogP contribution >= 0.6 is 23.2 Å². The number of halogens is 2. The third kappa shape index (κ3) is 4.26. The van der Waals surface area contributed by atoms with E-state index in [1.54, 1.807) is 18.2 Å². The predicted octanol–water partition coefficient (Wildman–Crippen LogP) is 3.50. The van der Waals surface area contributed by atoms with Crippen LogP contribution < -0.4 is 10.2 Å². The van der Waals surface area contributed by atoms with Gasteiger partial charge in [-0.3, -0.25) is 9.59 Å². The summed E-state index contributed by atoms with van der Waals surface area (Å²) in [5, 5.41) is 13.8. The average molecular weight is 407 g/mol. The number of carbonyl (C=O) groups is 2. The number of aliphatic hydroxyl groups excluding tert-OH is 1. The van der Waals surface area contributed by atoms with Gasteiger partial charge in [0.25, 0.3) is 0 Å². The van der Waals surface area contributed by atoms with Gasteiger partial charge in [-0.25, -0.2) is 0 Å². The van der Waals surface area contributed by atoms with Crippen LogP contribution in [0, 0.1) is 12.8 Å². The van der Waals surface area contributed by atoms with Crippen molar-refractivity contribution in [2.75, 3.05) is 18.0 Å². The van der Waals surface area contributed by atoms with Crippen LogP contribution in [0.3, 0.4) is 0 Å². The topological polar surface area (TPSA) is 69.6 Å². The van der Waals surface area contributed by atoms with Gasteiger partial charge in [0.2, 0.25) is 11.8 Å². The largest absolute Gasteiger partial charge is 0.387 e. The lowest BCUT2D eigenvalue weighted by atomic mass is 10.0. The molecule has 0 saturated carbocycles. The molecule has 1 heterocycles. The number of nitrogens with one attached hydrogen (secondary N) is 1. The molecule has 1 saturated heterocycles. The Kier molecular flexibility index (Phi) is 6.05. The number of benzene rings is 2. The number of hydrogen-bond donors (Lipinski definition) is 2. The molecule has 1 fully saturated rings. The smallest absolute Gasteiger partial charge is 0.239 e. The highest BCUT2D eigenvalue weighted by Gasteiger charge is 2.37. The van der Waals surface area contributed by atoms with E-state index in [-0.39, 0.29) is 18.4 Å². The molecule has 5 nitrogen and oxygen atoms in total. The van der Waals surface area contributed by atoms with Crippen LogP contribution in [0.25, 0.3) is 0 Å². The van der Waals surface area contributed by atoms with Crippen molar-refractivity contribution < 1.29 is 14.7 Å². The lowest BCUT2D eigenvalue weighted by Gasteiger charge is -2.18. The van der Waals surface area contributed by atoms with E-state index in [0.29, 0.717) is 28.7 Å². The maximum Gasteiger partial charge on any atom is 0.239 e. The monoisotopic (exact) mass is 406 g/mol. The number of carbonyl (C=O) groups excluding carboxylic acids is 2. The second-order valence-corrected chi connectivity index (χ2v) is 7.36. The SMILES string of the molecule is Cc1ccccc1C(O)CNC(=O)C1CCN(c2ccc(Cl)c(Cl)c2)C1=O. The third-order valence-electron chi connectivity index (χ3n) is 4.75. The molecule has 0 spiro atoms. The van der Waals surface area contributed by atoms with E-state index in [0.717, 1.165) is 11.1 Å². The van der Waals surface area contributed by atoms with Gasteiger partial charge in [-0.1, -0.05) is 47.5 Å². The number of aryl methyl sites for hydroxylation is 1. The molecular weight excluding hydrogens is 387 g/mol. The molecule has 0 radical (unpaired) electrons. The molecule has 2 aromatic carbocycles. The predicted molar refractivity (Wildman–Crippen MR) is 106 cm³/mol. The van der Waals surface area contributed by atoms with Crippen LogP contribution in [-0.2, 0) is 9.59 Å². The molecule has 7 heteroatoms. The van der Waals surface area contributed by atoms with Crippen molar-refractivity contribution in [3.63, 3.8) is 0 Å². The Morgan fingerprint density at radius 3 is 2.70 bits per heavy atom. The van der Waals surface area contributed by atoms with Gasteiger partial charge in [0, 0.05) is 18.8 Å². The van der Waals surface area contributed by atoms with E-state index in [4.69, 9.17) is 23.2 Å². The van der Waals surface area contributed by atoms with Crippen molar-refractivity contribution in [3.8, 4) is 0 Å². The fraction of sp³-hybridized carbons (Fsp3) is 0.300. The molecule has 2 amide bonds. The van der Waals surface area contributed by atoms with Gasteiger partial charge in [0.05, 0.1) is 16.1 Å². The first-order chi connectivity index (χ1) is 12.9. The van der Waals surface area contributed by atoms with E-state index in [9.17, 15) is 14.7 Å². The van der Waals surface area contributed by atoms with E-state index in [2.05, 4.69) is 5.32 Å². The maximum absolute atomic E-state index is 12.6. The highest BCUT2D eigenvalue weighted by molar-refractivity contribution is 6.42. The minimum Gasteiger partial charge on any atom is -0.387 e. The summed E-state index contributed by atoms with van der Waals surface area (Å²) in [4.78, 5) is 26.6. The average Bonchev–Trinajstić information content (AvgIpc) is 3.03. The molecule has 1 aliphatic heterocycles. The van der Waals surface area contributed by atoms with Gasteiger partial charge < -0.3 is 15.3 Å². The molecule has 0 aromatic heterocycles. The Morgan fingerprint density at radius 2 is 2.00 bits per heavy atom. The summed E-state index contributed by atoms with van der Waals surface area (Å²) in [5.74, 6) is -1.44. The van der Waals surface area contributed by atoms with Crippen LogP contribution in [0.2, 0.25) is 10.0 Å². The minimum atomic E-state index is -0.821. The van der Waals surface area contributed by atoms with Gasteiger partial charge in [0.15, 0.2) is 0 Å². The molecule has 2 N–H and O–H groups in total. The van der Waals surface area contributed by atoms with E-state index in [1.807, 2.05) is 31.2 Å².